The molecule has 52 heavy (non-hydrogen) atoms. The summed E-state index contributed by atoms with van der Waals surface area (Å²) in [5.74, 6) is -0.182. The van der Waals surface area contributed by atoms with Gasteiger partial charge in [-0.25, -0.2) is 0 Å². The number of carbonyl (C=O) groups excluding carboxylic acids is 1. The normalized spacial score (nSPS) is 22.0. The Morgan fingerprint density at radius 3 is 1.56 bits per heavy atom. The molecular weight excluding hydrogens is 658 g/mol. The summed E-state index contributed by atoms with van der Waals surface area (Å²) in [4.78, 5) is 12.9. The smallest absolute Gasteiger partial charge is 0.220 e. The van der Waals surface area contributed by atoms with Gasteiger partial charge in [0.05, 0.1) is 25.4 Å². The van der Waals surface area contributed by atoms with Crippen LogP contribution >= 0.6 is 0 Å². The number of aliphatic hydroxyl groups is 5. The minimum absolute atomic E-state index is 0.182. The first-order valence-corrected chi connectivity index (χ1v) is 21.6. The summed E-state index contributed by atoms with van der Waals surface area (Å²) in [5.41, 5.74) is 0. The second-order valence-electron chi connectivity index (χ2n) is 15.1. The van der Waals surface area contributed by atoms with Crippen LogP contribution in [0.3, 0.4) is 0 Å². The van der Waals surface area contributed by atoms with Crippen LogP contribution in [0.15, 0.2) is 24.3 Å². The maximum absolute atomic E-state index is 12.9. The fourth-order valence-electron chi connectivity index (χ4n) is 6.74. The van der Waals surface area contributed by atoms with Crippen LogP contribution < -0.4 is 5.32 Å². The highest BCUT2D eigenvalue weighted by atomic mass is 16.7. The molecule has 1 aliphatic heterocycles. The maximum atomic E-state index is 12.9. The first-order chi connectivity index (χ1) is 25.3. The fourth-order valence-corrected chi connectivity index (χ4v) is 6.74. The van der Waals surface area contributed by atoms with Crippen LogP contribution in [-0.2, 0) is 14.3 Å². The van der Waals surface area contributed by atoms with Crippen LogP contribution in [0.2, 0.25) is 0 Å². The molecule has 0 bridgehead atoms. The standard InChI is InChI=1S/C43H81NO8/c1-3-5-7-9-11-13-15-16-17-18-19-20-21-22-23-25-27-29-31-33-39(47)44-36(35-51-43-42(50)41(49)40(48)38(34-45)52-43)37(46)32-30-28-26-24-14-12-10-8-6-4-2/h16-17,30,32,36-38,40-43,45-46,48-50H,3-15,18-29,31,33-35H2,1-2H3,(H,44,47)/b17-16-,32-30+. The number of amides is 1. The van der Waals surface area contributed by atoms with Gasteiger partial charge in [-0.3, -0.25) is 4.79 Å². The van der Waals surface area contributed by atoms with Gasteiger partial charge in [-0.15, -0.1) is 0 Å². The van der Waals surface area contributed by atoms with E-state index in [-0.39, 0.29) is 12.5 Å². The average Bonchev–Trinajstić information content (AvgIpc) is 3.14. The van der Waals surface area contributed by atoms with Gasteiger partial charge in [0, 0.05) is 6.42 Å². The highest BCUT2D eigenvalue weighted by Crippen LogP contribution is 2.22. The molecule has 0 saturated carbocycles. The fraction of sp³-hybridized carbons (Fsp3) is 0.884. The van der Waals surface area contributed by atoms with Gasteiger partial charge < -0.3 is 40.3 Å². The van der Waals surface area contributed by atoms with E-state index in [1.807, 2.05) is 6.08 Å². The molecule has 9 heteroatoms. The summed E-state index contributed by atoms with van der Waals surface area (Å²) in [6, 6.07) is -0.800. The van der Waals surface area contributed by atoms with Gasteiger partial charge in [0.1, 0.15) is 24.4 Å². The van der Waals surface area contributed by atoms with E-state index in [0.29, 0.717) is 6.42 Å². The molecule has 0 aromatic rings. The van der Waals surface area contributed by atoms with Crippen molar-refractivity contribution < 1.29 is 39.8 Å². The lowest BCUT2D eigenvalue weighted by Gasteiger charge is -2.40. The first kappa shape index (κ1) is 48.7. The molecule has 1 fully saturated rings. The van der Waals surface area contributed by atoms with Crippen molar-refractivity contribution in [1.82, 2.24) is 5.32 Å². The van der Waals surface area contributed by atoms with E-state index in [1.165, 1.54) is 128 Å². The summed E-state index contributed by atoms with van der Waals surface area (Å²) in [7, 11) is 0. The summed E-state index contributed by atoms with van der Waals surface area (Å²) in [5, 5.41) is 54.0. The van der Waals surface area contributed by atoms with E-state index in [1.54, 1.807) is 6.08 Å². The number of rotatable bonds is 35. The Bertz CT molecular complexity index is 868. The number of ether oxygens (including phenoxy) is 2. The Labute approximate surface area is 318 Å². The molecule has 6 N–H and O–H groups in total. The zero-order valence-corrected chi connectivity index (χ0v) is 33.3. The molecule has 1 saturated heterocycles. The zero-order valence-electron chi connectivity index (χ0n) is 33.3. The summed E-state index contributed by atoms with van der Waals surface area (Å²) in [6.07, 6.45) is 32.2. The van der Waals surface area contributed by atoms with Crippen LogP contribution in [-0.4, -0.2) is 87.5 Å². The van der Waals surface area contributed by atoms with Gasteiger partial charge in [-0.05, 0) is 44.9 Å². The second-order valence-corrected chi connectivity index (χ2v) is 15.1. The van der Waals surface area contributed by atoms with Crippen molar-refractivity contribution in [2.75, 3.05) is 13.2 Å². The van der Waals surface area contributed by atoms with Gasteiger partial charge >= 0.3 is 0 Å². The molecule has 0 spiro atoms. The van der Waals surface area contributed by atoms with E-state index >= 15 is 0 Å². The number of hydrogen-bond acceptors (Lipinski definition) is 8. The molecule has 0 aromatic carbocycles. The Hall–Kier alpha value is -1.33. The highest BCUT2D eigenvalue weighted by Gasteiger charge is 2.44. The Morgan fingerprint density at radius 1 is 0.635 bits per heavy atom. The minimum atomic E-state index is -1.56. The van der Waals surface area contributed by atoms with Crippen molar-refractivity contribution in [3.63, 3.8) is 0 Å². The van der Waals surface area contributed by atoms with Crippen LogP contribution in [0.1, 0.15) is 187 Å². The molecule has 1 heterocycles. The third-order valence-electron chi connectivity index (χ3n) is 10.3. The van der Waals surface area contributed by atoms with Crippen molar-refractivity contribution in [2.24, 2.45) is 0 Å². The van der Waals surface area contributed by atoms with Gasteiger partial charge in [0.2, 0.25) is 5.91 Å². The second kappa shape index (κ2) is 34.2. The third kappa shape index (κ3) is 24.9. The van der Waals surface area contributed by atoms with Crippen molar-refractivity contribution in [1.29, 1.82) is 0 Å². The van der Waals surface area contributed by atoms with Gasteiger partial charge in [0.15, 0.2) is 6.29 Å². The molecule has 1 aliphatic rings. The number of unbranched alkanes of at least 4 members (excludes halogenated alkanes) is 23. The predicted molar refractivity (Wildman–Crippen MR) is 212 cm³/mol. The summed E-state index contributed by atoms with van der Waals surface area (Å²) in [6.45, 7) is 3.73. The van der Waals surface area contributed by atoms with E-state index in [9.17, 15) is 30.3 Å². The number of hydrogen-bond donors (Lipinski definition) is 6. The van der Waals surface area contributed by atoms with Gasteiger partial charge in [-0.1, -0.05) is 160 Å². The lowest BCUT2D eigenvalue weighted by Crippen LogP contribution is -2.60. The van der Waals surface area contributed by atoms with Crippen molar-refractivity contribution in [2.45, 2.75) is 230 Å². The SMILES string of the molecule is CCCCCCCC/C=C\CCCCCCCCCCCC(=O)NC(COC1OC(CO)C(O)C(O)C1O)C(O)/C=C/CCCCCCCCCC. The third-order valence-corrected chi connectivity index (χ3v) is 10.3. The molecule has 0 aromatic heterocycles. The van der Waals surface area contributed by atoms with Crippen LogP contribution in [0.4, 0.5) is 0 Å². The number of aliphatic hydroxyl groups excluding tert-OH is 5. The maximum Gasteiger partial charge on any atom is 0.220 e. The average molecular weight is 740 g/mol. The molecule has 7 unspecified atom stereocenters. The molecule has 1 rings (SSSR count). The molecule has 1 amide bonds. The largest absolute Gasteiger partial charge is 0.394 e. The monoisotopic (exact) mass is 740 g/mol. The molecule has 7 atom stereocenters. The Morgan fingerprint density at radius 2 is 1.08 bits per heavy atom. The van der Waals surface area contributed by atoms with Crippen molar-refractivity contribution in [3.05, 3.63) is 24.3 Å². The van der Waals surface area contributed by atoms with Crippen molar-refractivity contribution >= 4 is 5.91 Å². The molecule has 9 nitrogen and oxygen atoms in total. The lowest BCUT2D eigenvalue weighted by atomic mass is 9.99. The number of allylic oxidation sites excluding steroid dienone is 3. The lowest BCUT2D eigenvalue weighted by molar-refractivity contribution is -0.302. The Kier molecular flexibility index (Phi) is 32.0. The molecule has 0 aliphatic carbocycles. The zero-order chi connectivity index (χ0) is 38.1. The van der Waals surface area contributed by atoms with Gasteiger partial charge in [0.25, 0.3) is 0 Å². The first-order valence-electron chi connectivity index (χ1n) is 21.6. The minimum Gasteiger partial charge on any atom is -0.394 e. The number of nitrogens with one attached hydrogen (secondary N) is 1. The quantitative estimate of drug-likeness (QED) is 0.0281. The van der Waals surface area contributed by atoms with Crippen molar-refractivity contribution in [3.8, 4) is 0 Å². The highest BCUT2D eigenvalue weighted by molar-refractivity contribution is 5.76. The summed E-state index contributed by atoms with van der Waals surface area (Å²) < 4.78 is 11.2. The van der Waals surface area contributed by atoms with E-state index in [4.69, 9.17) is 9.47 Å². The molecule has 306 valence electrons. The van der Waals surface area contributed by atoms with E-state index in [0.717, 1.165) is 38.5 Å². The Balaban J connectivity index is 2.33. The van der Waals surface area contributed by atoms with Crippen LogP contribution in [0.5, 0.6) is 0 Å². The number of carbonyl (C=O) groups is 1. The molecule has 0 radical (unpaired) electrons. The van der Waals surface area contributed by atoms with Crippen LogP contribution in [0.25, 0.3) is 0 Å². The molecular formula is C43H81NO8. The summed E-state index contributed by atoms with van der Waals surface area (Å²) >= 11 is 0. The predicted octanol–water partition coefficient (Wildman–Crippen LogP) is 8.33. The van der Waals surface area contributed by atoms with Gasteiger partial charge in [-0.2, -0.15) is 0 Å². The van der Waals surface area contributed by atoms with Crippen LogP contribution in [0, 0.1) is 0 Å². The topological polar surface area (TPSA) is 149 Å². The van der Waals surface area contributed by atoms with E-state index in [2.05, 4.69) is 31.3 Å². The van der Waals surface area contributed by atoms with E-state index < -0.39 is 49.5 Å².